The van der Waals surface area contributed by atoms with Crippen molar-refractivity contribution in [3.8, 4) is 0 Å². The first-order chi connectivity index (χ1) is 41.5. The summed E-state index contributed by atoms with van der Waals surface area (Å²) in [5, 5.41) is 23.3. The van der Waals surface area contributed by atoms with Crippen molar-refractivity contribution in [2.24, 2.45) is 0 Å². The monoisotopic (exact) mass is 1180 g/mol. The van der Waals surface area contributed by atoms with Gasteiger partial charge in [0, 0.05) is 12.8 Å². The highest BCUT2D eigenvalue weighted by Gasteiger charge is 2.20. The van der Waals surface area contributed by atoms with E-state index >= 15 is 0 Å². The molecule has 0 aliphatic heterocycles. The summed E-state index contributed by atoms with van der Waals surface area (Å²) in [5.74, 6) is -0.0179. The Morgan fingerprint density at radius 3 is 0.917 bits per heavy atom. The van der Waals surface area contributed by atoms with E-state index in [-0.39, 0.29) is 18.5 Å². The number of carbonyl (C=O) groups excluding carboxylic acids is 2. The molecule has 84 heavy (non-hydrogen) atoms. The number of esters is 1. The van der Waals surface area contributed by atoms with Gasteiger partial charge in [-0.3, -0.25) is 9.59 Å². The molecule has 6 nitrogen and oxygen atoms in total. The lowest BCUT2D eigenvalue weighted by Crippen LogP contribution is -2.45. The number of aliphatic hydroxyl groups is 2. The van der Waals surface area contributed by atoms with E-state index in [4.69, 9.17) is 4.74 Å². The number of rotatable bonds is 72. The van der Waals surface area contributed by atoms with Gasteiger partial charge < -0.3 is 20.3 Å². The van der Waals surface area contributed by atoms with E-state index in [1.807, 2.05) is 0 Å². The van der Waals surface area contributed by atoms with Crippen LogP contribution in [0, 0.1) is 0 Å². The first kappa shape index (κ1) is 82.1. The van der Waals surface area contributed by atoms with E-state index in [9.17, 15) is 19.8 Å². The molecule has 0 fully saturated rings. The van der Waals surface area contributed by atoms with Crippen LogP contribution in [0.3, 0.4) is 0 Å². The van der Waals surface area contributed by atoms with Crippen molar-refractivity contribution < 1.29 is 24.5 Å². The van der Waals surface area contributed by atoms with Crippen LogP contribution < -0.4 is 5.32 Å². The Morgan fingerprint density at radius 1 is 0.333 bits per heavy atom. The van der Waals surface area contributed by atoms with Gasteiger partial charge in [-0.05, 0) is 83.5 Å². The van der Waals surface area contributed by atoms with Gasteiger partial charge in [-0.15, -0.1) is 0 Å². The number of hydrogen-bond acceptors (Lipinski definition) is 5. The lowest BCUT2D eigenvalue weighted by molar-refractivity contribution is -0.143. The first-order valence-corrected chi connectivity index (χ1v) is 38.2. The highest BCUT2D eigenvalue weighted by Crippen LogP contribution is 2.19. The number of unbranched alkanes of at least 4 members (excludes halogenated alkanes) is 55. The summed E-state index contributed by atoms with van der Waals surface area (Å²) in [6.45, 7) is 4.98. The topological polar surface area (TPSA) is 95.9 Å². The normalized spacial score (nSPS) is 12.7. The molecule has 0 aliphatic rings. The second-order valence-electron chi connectivity index (χ2n) is 26.3. The van der Waals surface area contributed by atoms with E-state index < -0.39 is 12.1 Å². The number of hydrogen-bond donors (Lipinski definition) is 3. The predicted molar refractivity (Wildman–Crippen MR) is 370 cm³/mol. The Morgan fingerprint density at radius 2 is 0.595 bits per heavy atom. The predicted octanol–water partition coefficient (Wildman–Crippen LogP) is 25.0. The van der Waals surface area contributed by atoms with E-state index in [1.165, 1.54) is 340 Å². The number of allylic oxidation sites excluding steroid dienone is 6. The van der Waals surface area contributed by atoms with Crippen molar-refractivity contribution in [1.29, 1.82) is 0 Å². The van der Waals surface area contributed by atoms with Gasteiger partial charge in [0.05, 0.1) is 25.4 Å². The van der Waals surface area contributed by atoms with Gasteiger partial charge in [-0.2, -0.15) is 0 Å². The fraction of sp³-hybridized carbons (Fsp3) is 0.897. The first-order valence-electron chi connectivity index (χ1n) is 38.2. The minimum atomic E-state index is -0.662. The van der Waals surface area contributed by atoms with Crippen LogP contribution in [0.5, 0.6) is 0 Å². The van der Waals surface area contributed by atoms with E-state index in [1.54, 1.807) is 0 Å². The number of carbonyl (C=O) groups is 2. The van der Waals surface area contributed by atoms with Crippen LogP contribution in [0.15, 0.2) is 36.5 Å². The third-order valence-electron chi connectivity index (χ3n) is 17.9. The summed E-state index contributed by atoms with van der Waals surface area (Å²) < 4.78 is 5.49. The summed E-state index contributed by atoms with van der Waals surface area (Å²) in [5.41, 5.74) is 0. The van der Waals surface area contributed by atoms with Crippen LogP contribution in [-0.4, -0.2) is 47.4 Å². The van der Waals surface area contributed by atoms with Gasteiger partial charge in [0.15, 0.2) is 0 Å². The fourth-order valence-electron chi connectivity index (χ4n) is 12.1. The molecular weight excluding hydrogens is 1030 g/mol. The fourth-order valence-corrected chi connectivity index (χ4v) is 12.1. The molecule has 2 atom stereocenters. The van der Waals surface area contributed by atoms with Gasteiger partial charge in [0.2, 0.25) is 5.91 Å². The summed E-state index contributed by atoms with van der Waals surface area (Å²) in [6, 6.07) is -0.539. The van der Waals surface area contributed by atoms with E-state index in [0.29, 0.717) is 25.9 Å². The van der Waals surface area contributed by atoms with Gasteiger partial charge in [0.1, 0.15) is 0 Å². The molecule has 2 unspecified atom stereocenters. The van der Waals surface area contributed by atoms with Crippen LogP contribution in [0.25, 0.3) is 0 Å². The van der Waals surface area contributed by atoms with Gasteiger partial charge in [0.25, 0.3) is 0 Å². The number of ether oxygens (including phenoxy) is 1. The standard InChI is InChI=1S/C78H149NO5/c1-3-5-7-9-11-13-15-17-42-46-50-54-58-62-66-70-76(81)75(74-80)79-77(82)71-67-63-59-55-51-47-44-40-38-36-34-32-30-28-26-24-22-20-19-21-23-25-27-29-31-33-35-37-39-41-45-49-53-57-61-65-69-73-84-78(83)72-68-64-60-56-52-48-43-18-16-14-12-10-8-6-4-2/h18-19,21,25,27,43,75-76,80-81H,3-17,20,22-24,26,28-42,44-74H2,1-2H3,(H,79,82)/b21-19-,27-25-,43-18-. The van der Waals surface area contributed by atoms with Crippen molar-refractivity contribution in [2.45, 2.75) is 437 Å². The van der Waals surface area contributed by atoms with Crippen molar-refractivity contribution in [3.05, 3.63) is 36.5 Å². The summed E-state index contributed by atoms with van der Waals surface area (Å²) in [4.78, 5) is 24.6. The summed E-state index contributed by atoms with van der Waals surface area (Å²) in [7, 11) is 0. The number of aliphatic hydroxyl groups excluding tert-OH is 2. The Kier molecular flexibility index (Phi) is 71.9. The maximum atomic E-state index is 12.5. The van der Waals surface area contributed by atoms with Crippen LogP contribution in [-0.2, 0) is 14.3 Å². The average molecular weight is 1180 g/mol. The van der Waals surface area contributed by atoms with Gasteiger partial charge in [-0.25, -0.2) is 0 Å². The molecule has 6 heteroatoms. The smallest absolute Gasteiger partial charge is 0.305 e. The molecule has 1 amide bonds. The molecule has 0 radical (unpaired) electrons. The Labute approximate surface area is 525 Å². The van der Waals surface area contributed by atoms with Crippen molar-refractivity contribution in [1.82, 2.24) is 5.32 Å². The van der Waals surface area contributed by atoms with Gasteiger partial charge >= 0.3 is 5.97 Å². The molecule has 3 N–H and O–H groups in total. The average Bonchev–Trinajstić information content (AvgIpc) is 3.53. The van der Waals surface area contributed by atoms with Crippen LogP contribution in [0.4, 0.5) is 0 Å². The molecule has 0 saturated heterocycles. The molecular formula is C78H149NO5. The minimum absolute atomic E-state index is 0.0113. The second kappa shape index (κ2) is 73.5. The Hall–Kier alpha value is -1.92. The molecule has 0 aliphatic carbocycles. The third kappa shape index (κ3) is 69.2. The molecule has 0 aromatic heterocycles. The highest BCUT2D eigenvalue weighted by atomic mass is 16.5. The zero-order valence-electron chi connectivity index (χ0n) is 56.9. The minimum Gasteiger partial charge on any atom is -0.466 e. The molecule has 0 rings (SSSR count). The van der Waals surface area contributed by atoms with Crippen LogP contribution >= 0.6 is 0 Å². The summed E-state index contributed by atoms with van der Waals surface area (Å²) in [6.07, 6.45) is 95.1. The maximum Gasteiger partial charge on any atom is 0.305 e. The maximum absolute atomic E-state index is 12.5. The molecule has 0 aromatic carbocycles. The van der Waals surface area contributed by atoms with Crippen molar-refractivity contribution in [2.75, 3.05) is 13.2 Å². The SMILES string of the molecule is CCCCCCCC/C=C\CCCCCCCC(=O)OCCCCCCCCCCCCCCC/C=C\C/C=C\CCCCCCCCCCCCCCCCCCCC(=O)NC(CO)C(O)CCCCCCCCCCCCCCCCC. The molecule has 496 valence electrons. The third-order valence-corrected chi connectivity index (χ3v) is 17.9. The largest absolute Gasteiger partial charge is 0.466 e. The molecule has 0 aromatic rings. The molecule has 0 bridgehead atoms. The lowest BCUT2D eigenvalue weighted by atomic mass is 10.0. The molecule has 0 saturated carbocycles. The van der Waals surface area contributed by atoms with Crippen LogP contribution in [0.1, 0.15) is 425 Å². The molecule has 0 spiro atoms. The Bertz CT molecular complexity index is 1360. The van der Waals surface area contributed by atoms with Crippen LogP contribution in [0.2, 0.25) is 0 Å². The quantitative estimate of drug-likeness (QED) is 0.0320. The zero-order valence-corrected chi connectivity index (χ0v) is 56.9. The number of nitrogens with one attached hydrogen (secondary N) is 1. The second-order valence-corrected chi connectivity index (χ2v) is 26.3. The number of amides is 1. The van der Waals surface area contributed by atoms with Crippen molar-refractivity contribution in [3.63, 3.8) is 0 Å². The van der Waals surface area contributed by atoms with E-state index in [0.717, 1.165) is 51.4 Å². The van der Waals surface area contributed by atoms with Gasteiger partial charge in [-0.1, -0.05) is 365 Å². The Balaban J connectivity index is 3.35. The summed E-state index contributed by atoms with van der Waals surface area (Å²) >= 11 is 0. The van der Waals surface area contributed by atoms with Crippen molar-refractivity contribution >= 4 is 11.9 Å². The van der Waals surface area contributed by atoms with E-state index in [2.05, 4.69) is 55.6 Å². The highest BCUT2D eigenvalue weighted by molar-refractivity contribution is 5.76. The lowest BCUT2D eigenvalue weighted by Gasteiger charge is -2.22. The zero-order chi connectivity index (χ0) is 60.6. The molecule has 0 heterocycles.